The van der Waals surface area contributed by atoms with Crippen molar-refractivity contribution in [3.05, 3.63) is 28.2 Å². The van der Waals surface area contributed by atoms with Crippen LogP contribution in [0.25, 0.3) is 0 Å². The minimum atomic E-state index is -3.34. The van der Waals surface area contributed by atoms with Crippen LogP contribution in [0.3, 0.4) is 0 Å². The number of halogens is 1. The van der Waals surface area contributed by atoms with Gasteiger partial charge in [0.1, 0.15) is 11.5 Å². The Morgan fingerprint density at radius 3 is 2.92 bits per heavy atom. The zero-order valence-corrected chi connectivity index (χ0v) is 8.35. The van der Waals surface area contributed by atoms with Crippen LogP contribution in [0.5, 0.6) is 5.75 Å². The fourth-order valence-corrected chi connectivity index (χ4v) is 2.61. The van der Waals surface area contributed by atoms with Gasteiger partial charge in [0.2, 0.25) is 0 Å². The maximum Gasteiger partial charge on any atom is 0.313 e. The fraction of sp³-hybridized carbons (Fsp3) is 0.143. The smallest absolute Gasteiger partial charge is 0.313 e. The lowest BCUT2D eigenvalue weighted by Gasteiger charge is -1.94. The molecule has 0 unspecified atom stereocenters. The van der Waals surface area contributed by atoms with Gasteiger partial charge in [0, 0.05) is 10.0 Å². The minimum Gasteiger partial charge on any atom is -0.382 e. The highest BCUT2D eigenvalue weighted by Crippen LogP contribution is 2.31. The average Bonchev–Trinajstić information content (AvgIpc) is 2.21. The summed E-state index contributed by atoms with van der Waals surface area (Å²) >= 11 is 3.25. The van der Waals surface area contributed by atoms with Crippen molar-refractivity contribution in [2.75, 3.05) is 0 Å². The summed E-state index contributed by atoms with van der Waals surface area (Å²) in [6.45, 7) is 0. The van der Waals surface area contributed by atoms with E-state index in [2.05, 4.69) is 15.9 Å². The highest BCUT2D eigenvalue weighted by Gasteiger charge is 2.25. The van der Waals surface area contributed by atoms with Crippen LogP contribution in [0, 0.1) is 0 Å². The third-order valence-electron chi connectivity index (χ3n) is 1.57. The van der Waals surface area contributed by atoms with Crippen molar-refractivity contribution in [1.29, 1.82) is 0 Å². The van der Waals surface area contributed by atoms with Crippen LogP contribution in [0.15, 0.2) is 22.7 Å². The second-order valence-corrected chi connectivity index (χ2v) is 5.02. The lowest BCUT2D eigenvalue weighted by Crippen LogP contribution is -2.02. The Balaban J connectivity index is 2.56. The van der Waals surface area contributed by atoms with Crippen molar-refractivity contribution in [3.63, 3.8) is 0 Å². The summed E-state index contributed by atoms with van der Waals surface area (Å²) in [5.74, 6) is 0.417. The van der Waals surface area contributed by atoms with Gasteiger partial charge in [-0.25, -0.2) is 0 Å². The molecule has 2 rings (SSSR count). The minimum absolute atomic E-state index is 0.0260. The Kier molecular flexibility index (Phi) is 1.66. The van der Waals surface area contributed by atoms with Gasteiger partial charge in [-0.05, 0) is 18.2 Å². The van der Waals surface area contributed by atoms with Gasteiger partial charge in [-0.15, -0.1) is 0 Å². The topological polar surface area (TPSA) is 43.4 Å². The molecule has 0 radical (unpaired) electrons. The molecule has 1 aromatic carbocycles. The highest BCUT2D eigenvalue weighted by molar-refractivity contribution is 9.10. The Morgan fingerprint density at radius 2 is 2.17 bits per heavy atom. The first-order chi connectivity index (χ1) is 5.57. The number of hydrogen-bond donors (Lipinski definition) is 0. The third-order valence-corrected chi connectivity index (χ3v) is 3.16. The summed E-state index contributed by atoms with van der Waals surface area (Å²) in [4.78, 5) is 0. The van der Waals surface area contributed by atoms with E-state index in [9.17, 15) is 8.42 Å². The summed E-state index contributed by atoms with van der Waals surface area (Å²) in [7, 11) is -3.34. The molecule has 5 heteroatoms. The van der Waals surface area contributed by atoms with Crippen LogP contribution in [0.4, 0.5) is 0 Å². The monoisotopic (exact) mass is 248 g/mol. The lowest BCUT2D eigenvalue weighted by atomic mass is 10.2. The normalized spacial score (nSPS) is 18.4. The van der Waals surface area contributed by atoms with Crippen molar-refractivity contribution in [2.24, 2.45) is 0 Å². The number of hydrogen-bond acceptors (Lipinski definition) is 3. The van der Waals surface area contributed by atoms with Crippen LogP contribution < -0.4 is 4.18 Å². The first-order valence-electron chi connectivity index (χ1n) is 3.27. The molecule has 0 bridgehead atoms. The van der Waals surface area contributed by atoms with E-state index in [0.29, 0.717) is 11.3 Å². The average molecular weight is 249 g/mol. The van der Waals surface area contributed by atoms with Crippen molar-refractivity contribution in [2.45, 2.75) is 5.75 Å². The highest BCUT2D eigenvalue weighted by atomic mass is 79.9. The second-order valence-electron chi connectivity index (χ2n) is 2.54. The molecule has 0 fully saturated rings. The predicted octanol–water partition coefficient (Wildman–Crippen LogP) is 1.67. The van der Waals surface area contributed by atoms with Gasteiger partial charge >= 0.3 is 10.1 Å². The quantitative estimate of drug-likeness (QED) is 0.657. The van der Waals surface area contributed by atoms with Gasteiger partial charge in [0.15, 0.2) is 0 Å². The molecule has 1 aliphatic rings. The van der Waals surface area contributed by atoms with Crippen LogP contribution in [0.1, 0.15) is 5.56 Å². The van der Waals surface area contributed by atoms with E-state index in [0.717, 1.165) is 4.47 Å². The molecule has 0 atom stereocenters. The number of benzene rings is 1. The Morgan fingerprint density at radius 1 is 1.42 bits per heavy atom. The van der Waals surface area contributed by atoms with Crippen molar-refractivity contribution < 1.29 is 12.6 Å². The first-order valence-corrected chi connectivity index (χ1v) is 5.64. The zero-order chi connectivity index (χ0) is 8.77. The lowest BCUT2D eigenvalue weighted by molar-refractivity contribution is 0.499. The molecule has 3 nitrogen and oxygen atoms in total. The fourth-order valence-electron chi connectivity index (χ4n) is 1.10. The van der Waals surface area contributed by atoms with Crippen LogP contribution >= 0.6 is 15.9 Å². The third kappa shape index (κ3) is 1.34. The van der Waals surface area contributed by atoms with Crippen molar-refractivity contribution in [3.8, 4) is 5.75 Å². The summed E-state index contributed by atoms with van der Waals surface area (Å²) in [6, 6.07) is 5.14. The van der Waals surface area contributed by atoms with Gasteiger partial charge in [-0.3, -0.25) is 0 Å². The van der Waals surface area contributed by atoms with Crippen LogP contribution in [0.2, 0.25) is 0 Å². The number of fused-ring (bicyclic) bond motifs is 1. The summed E-state index contributed by atoms with van der Waals surface area (Å²) in [5, 5.41) is 0. The van der Waals surface area contributed by atoms with Gasteiger partial charge in [-0.2, -0.15) is 8.42 Å². The van der Waals surface area contributed by atoms with Crippen molar-refractivity contribution in [1.82, 2.24) is 0 Å². The molecule has 0 saturated carbocycles. The molecular formula is C7H5BrO3S. The second kappa shape index (κ2) is 2.47. The first kappa shape index (κ1) is 8.07. The maximum absolute atomic E-state index is 11.0. The van der Waals surface area contributed by atoms with E-state index >= 15 is 0 Å². The molecular weight excluding hydrogens is 244 g/mol. The summed E-state index contributed by atoms with van der Waals surface area (Å²) in [5.41, 5.74) is 0.712. The largest absolute Gasteiger partial charge is 0.382 e. The summed E-state index contributed by atoms with van der Waals surface area (Å²) < 4.78 is 27.5. The Labute approximate surface area is 78.6 Å². The van der Waals surface area contributed by atoms with E-state index in [4.69, 9.17) is 4.18 Å². The van der Waals surface area contributed by atoms with Crippen molar-refractivity contribution >= 4 is 26.0 Å². The van der Waals surface area contributed by atoms with E-state index in [1.165, 1.54) is 0 Å². The molecule has 0 aliphatic carbocycles. The standard InChI is InChI=1S/C7H5BrO3S/c8-6-1-2-7-5(3-6)4-12(9,10)11-7/h1-3H,4H2. The molecule has 0 amide bonds. The van der Waals surface area contributed by atoms with E-state index in [-0.39, 0.29) is 5.75 Å². The van der Waals surface area contributed by atoms with E-state index < -0.39 is 10.1 Å². The Bertz CT molecular complexity index is 424. The van der Waals surface area contributed by atoms with Gasteiger partial charge in [0.25, 0.3) is 0 Å². The molecule has 12 heavy (non-hydrogen) atoms. The molecule has 0 saturated heterocycles. The Hall–Kier alpha value is -0.550. The molecule has 1 heterocycles. The number of rotatable bonds is 0. The zero-order valence-electron chi connectivity index (χ0n) is 5.95. The van der Waals surface area contributed by atoms with Gasteiger partial charge in [-0.1, -0.05) is 15.9 Å². The summed E-state index contributed by atoms with van der Waals surface area (Å²) in [6.07, 6.45) is 0. The van der Waals surface area contributed by atoms with Gasteiger partial charge < -0.3 is 4.18 Å². The molecule has 1 aromatic rings. The SMILES string of the molecule is O=S1(=O)Cc2cc(Br)ccc2O1. The van der Waals surface area contributed by atoms with Gasteiger partial charge in [0.05, 0.1) is 0 Å². The van der Waals surface area contributed by atoms with E-state index in [1.807, 2.05) is 0 Å². The molecule has 0 spiro atoms. The molecule has 1 aliphatic heterocycles. The molecule has 0 N–H and O–H groups in total. The van der Waals surface area contributed by atoms with Crippen LogP contribution in [-0.4, -0.2) is 8.42 Å². The van der Waals surface area contributed by atoms with Crippen LogP contribution in [-0.2, 0) is 15.9 Å². The maximum atomic E-state index is 11.0. The molecule has 64 valence electrons. The molecule has 0 aromatic heterocycles. The van der Waals surface area contributed by atoms with E-state index in [1.54, 1.807) is 18.2 Å². The predicted molar refractivity (Wildman–Crippen MR) is 47.4 cm³/mol.